The van der Waals surface area contributed by atoms with Crippen LogP contribution in [-0.2, 0) is 4.74 Å². The number of anilines is 1. The van der Waals surface area contributed by atoms with Gasteiger partial charge < -0.3 is 9.64 Å². The molecule has 1 aromatic rings. The van der Waals surface area contributed by atoms with E-state index in [0.29, 0.717) is 0 Å². The van der Waals surface area contributed by atoms with Gasteiger partial charge in [-0.2, -0.15) is 0 Å². The Labute approximate surface area is 101 Å². The normalized spacial score (nSPS) is 14.5. The molecule has 1 aliphatic rings. The summed E-state index contributed by atoms with van der Waals surface area (Å²) in [4.78, 5) is 21.8. The molecule has 0 aliphatic heterocycles. The molecule has 0 bridgehead atoms. The number of carbonyl (C=O) groups excluding carboxylic acids is 1. The van der Waals surface area contributed by atoms with Gasteiger partial charge in [0.15, 0.2) is 5.69 Å². The van der Waals surface area contributed by atoms with Gasteiger partial charge in [-0.25, -0.2) is 9.78 Å². The fourth-order valence-electron chi connectivity index (χ4n) is 1.71. The second-order valence-electron chi connectivity index (χ2n) is 4.24. The number of hydrogen-bond acceptors (Lipinski definition) is 5. The minimum atomic E-state index is -0.443. The third-order valence-corrected chi connectivity index (χ3v) is 2.90. The third kappa shape index (κ3) is 2.93. The second kappa shape index (κ2) is 5.12. The fourth-order valence-corrected chi connectivity index (χ4v) is 1.71. The Balaban J connectivity index is 2.14. The van der Waals surface area contributed by atoms with E-state index >= 15 is 0 Å². The zero-order valence-corrected chi connectivity index (χ0v) is 10.2. The molecule has 0 saturated heterocycles. The molecule has 0 N–H and O–H groups in total. The first-order chi connectivity index (χ1) is 8.24. The number of nitrogens with zero attached hydrogens (tertiary/aromatic N) is 3. The van der Waals surface area contributed by atoms with Crippen LogP contribution in [0.1, 0.15) is 30.3 Å². The van der Waals surface area contributed by atoms with Crippen molar-refractivity contribution in [3.63, 3.8) is 0 Å². The summed E-state index contributed by atoms with van der Waals surface area (Å²) in [6.45, 7) is 3.94. The molecule has 0 unspecified atom stereocenters. The van der Waals surface area contributed by atoms with E-state index < -0.39 is 5.97 Å². The molecule has 1 saturated carbocycles. The van der Waals surface area contributed by atoms with Crippen molar-refractivity contribution in [1.29, 1.82) is 0 Å². The van der Waals surface area contributed by atoms with Gasteiger partial charge in [-0.05, 0) is 25.7 Å². The smallest absolute Gasteiger partial charge is 0.358 e. The number of rotatable bonds is 5. The third-order valence-electron chi connectivity index (χ3n) is 2.90. The van der Waals surface area contributed by atoms with E-state index in [2.05, 4.69) is 26.5 Å². The highest BCUT2D eigenvalue weighted by atomic mass is 16.5. The highest BCUT2D eigenvalue weighted by molar-refractivity contribution is 5.87. The van der Waals surface area contributed by atoms with Gasteiger partial charge in [-0.1, -0.05) is 0 Å². The zero-order chi connectivity index (χ0) is 12.3. The summed E-state index contributed by atoms with van der Waals surface area (Å²) in [5.41, 5.74) is 0.263. The minimum Gasteiger partial charge on any atom is -0.464 e. The highest BCUT2D eigenvalue weighted by Crippen LogP contribution is 2.30. The predicted octanol–water partition coefficient (Wildman–Crippen LogP) is 1.50. The first-order valence-electron chi connectivity index (χ1n) is 5.90. The van der Waals surface area contributed by atoms with Crippen LogP contribution in [0.25, 0.3) is 0 Å². The number of esters is 1. The maximum Gasteiger partial charge on any atom is 0.358 e. The summed E-state index contributed by atoms with van der Waals surface area (Å²) in [6.07, 6.45) is 5.71. The van der Waals surface area contributed by atoms with Crippen LogP contribution in [-0.4, -0.2) is 36.1 Å². The van der Waals surface area contributed by atoms with Crippen LogP contribution in [0.4, 0.5) is 5.82 Å². The maximum absolute atomic E-state index is 11.4. The molecule has 1 aromatic heterocycles. The summed E-state index contributed by atoms with van der Waals surface area (Å²) in [7, 11) is 1.35. The molecule has 0 spiro atoms. The van der Waals surface area contributed by atoms with E-state index in [4.69, 9.17) is 0 Å². The Morgan fingerprint density at radius 2 is 2.29 bits per heavy atom. The molecule has 0 aromatic carbocycles. The average molecular weight is 235 g/mol. The zero-order valence-electron chi connectivity index (χ0n) is 10.2. The largest absolute Gasteiger partial charge is 0.464 e. The molecule has 17 heavy (non-hydrogen) atoms. The van der Waals surface area contributed by atoms with Crippen LogP contribution in [0.2, 0.25) is 0 Å². The van der Waals surface area contributed by atoms with Crippen LogP contribution in [0.5, 0.6) is 0 Å². The SMILES string of the molecule is CCN(CC1CC1)c1cncc(C(=O)OC)n1. The quantitative estimate of drug-likeness (QED) is 0.724. The molecule has 92 valence electrons. The van der Waals surface area contributed by atoms with Crippen LogP contribution in [0.15, 0.2) is 12.4 Å². The molecule has 0 radical (unpaired) electrons. The van der Waals surface area contributed by atoms with Crippen molar-refractivity contribution in [1.82, 2.24) is 9.97 Å². The molecule has 1 fully saturated rings. The maximum atomic E-state index is 11.4. The second-order valence-corrected chi connectivity index (χ2v) is 4.24. The van der Waals surface area contributed by atoms with Gasteiger partial charge in [0.25, 0.3) is 0 Å². The average Bonchev–Trinajstić information content (AvgIpc) is 3.19. The molecule has 5 nitrogen and oxygen atoms in total. The van der Waals surface area contributed by atoms with Gasteiger partial charge >= 0.3 is 5.97 Å². The molecule has 0 amide bonds. The number of methoxy groups -OCH3 is 1. The van der Waals surface area contributed by atoms with Crippen LogP contribution in [0, 0.1) is 5.92 Å². The lowest BCUT2D eigenvalue weighted by Crippen LogP contribution is -2.27. The Morgan fingerprint density at radius 3 is 2.88 bits per heavy atom. The predicted molar refractivity (Wildman–Crippen MR) is 64.0 cm³/mol. The van der Waals surface area contributed by atoms with Gasteiger partial charge in [-0.15, -0.1) is 0 Å². The van der Waals surface area contributed by atoms with Gasteiger partial charge in [0.2, 0.25) is 0 Å². The summed E-state index contributed by atoms with van der Waals surface area (Å²) in [6, 6.07) is 0. The molecule has 1 heterocycles. The van der Waals surface area contributed by atoms with E-state index in [1.165, 1.54) is 26.1 Å². The Kier molecular flexibility index (Phi) is 3.56. The Hall–Kier alpha value is -1.65. The summed E-state index contributed by atoms with van der Waals surface area (Å²) in [5, 5.41) is 0. The van der Waals surface area contributed by atoms with Crippen molar-refractivity contribution >= 4 is 11.8 Å². The van der Waals surface area contributed by atoms with Gasteiger partial charge in [0.1, 0.15) is 5.82 Å². The number of aromatic nitrogens is 2. The van der Waals surface area contributed by atoms with E-state index in [1.807, 2.05) is 0 Å². The van der Waals surface area contributed by atoms with Crippen molar-refractivity contribution in [2.45, 2.75) is 19.8 Å². The standard InChI is InChI=1S/C12H17N3O2/c1-3-15(8-9-4-5-9)11-7-13-6-10(14-11)12(16)17-2/h6-7,9H,3-5,8H2,1-2H3. The first-order valence-corrected chi connectivity index (χ1v) is 5.90. The lowest BCUT2D eigenvalue weighted by molar-refractivity contribution is 0.0593. The van der Waals surface area contributed by atoms with Gasteiger partial charge in [0, 0.05) is 13.1 Å². The minimum absolute atomic E-state index is 0.263. The number of ether oxygens (including phenoxy) is 1. The highest BCUT2D eigenvalue weighted by Gasteiger charge is 2.24. The number of carbonyl (C=O) groups is 1. The summed E-state index contributed by atoms with van der Waals surface area (Å²) >= 11 is 0. The molecular weight excluding hydrogens is 218 g/mol. The Morgan fingerprint density at radius 1 is 1.53 bits per heavy atom. The van der Waals surface area contributed by atoms with Crippen LogP contribution < -0.4 is 4.90 Å². The lowest BCUT2D eigenvalue weighted by Gasteiger charge is -2.21. The van der Waals surface area contributed by atoms with Gasteiger partial charge in [0.05, 0.1) is 19.5 Å². The van der Waals surface area contributed by atoms with Crippen molar-refractivity contribution in [3.8, 4) is 0 Å². The molecule has 5 heteroatoms. The molecule has 0 atom stereocenters. The molecule has 2 rings (SSSR count). The monoisotopic (exact) mass is 235 g/mol. The van der Waals surface area contributed by atoms with Crippen molar-refractivity contribution in [2.24, 2.45) is 5.92 Å². The van der Waals surface area contributed by atoms with E-state index in [0.717, 1.165) is 24.8 Å². The van der Waals surface area contributed by atoms with E-state index in [-0.39, 0.29) is 5.69 Å². The van der Waals surface area contributed by atoms with Crippen LogP contribution in [0.3, 0.4) is 0 Å². The van der Waals surface area contributed by atoms with Crippen molar-refractivity contribution < 1.29 is 9.53 Å². The van der Waals surface area contributed by atoms with E-state index in [9.17, 15) is 4.79 Å². The lowest BCUT2D eigenvalue weighted by atomic mass is 10.3. The van der Waals surface area contributed by atoms with E-state index in [1.54, 1.807) is 6.20 Å². The van der Waals surface area contributed by atoms with Crippen molar-refractivity contribution in [2.75, 3.05) is 25.1 Å². The van der Waals surface area contributed by atoms with Gasteiger partial charge in [-0.3, -0.25) is 4.98 Å². The summed E-state index contributed by atoms with van der Waals surface area (Å²) in [5.74, 6) is 1.09. The molecule has 1 aliphatic carbocycles. The van der Waals surface area contributed by atoms with Crippen molar-refractivity contribution in [3.05, 3.63) is 18.1 Å². The fraction of sp³-hybridized carbons (Fsp3) is 0.583. The molecular formula is C12H17N3O2. The van der Waals surface area contributed by atoms with Crippen LogP contribution >= 0.6 is 0 Å². The topological polar surface area (TPSA) is 55.3 Å². The summed E-state index contributed by atoms with van der Waals surface area (Å²) < 4.78 is 4.64. The first kappa shape index (κ1) is 11.8. The Bertz CT molecular complexity index is 404. The number of hydrogen-bond donors (Lipinski definition) is 0.